The first kappa shape index (κ1) is 19.2. The Balaban J connectivity index is 1.76. The molecule has 0 aliphatic rings. The Kier molecular flexibility index (Phi) is 3.73. The SMILES string of the molecule is FC(F)(F)c1ccc(-n2c3ccccc3c3c4ccccc4c4nc5ccccc5n4c32)cc1. The fourth-order valence-corrected chi connectivity index (χ4v) is 5.08. The fourth-order valence-electron chi connectivity index (χ4n) is 5.08. The number of fused-ring (bicyclic) bond motifs is 10. The first-order chi connectivity index (χ1) is 16.5. The molecule has 7 aromatic rings. The van der Waals surface area contributed by atoms with Crippen LogP contribution in [0, 0.1) is 0 Å². The van der Waals surface area contributed by atoms with E-state index in [2.05, 4.69) is 22.6 Å². The average Bonchev–Trinajstić information content (AvgIpc) is 3.40. The maximum Gasteiger partial charge on any atom is 0.416 e. The highest BCUT2D eigenvalue weighted by molar-refractivity contribution is 6.23. The summed E-state index contributed by atoms with van der Waals surface area (Å²) in [5.74, 6) is 0. The number of imidazole rings is 1. The van der Waals surface area contributed by atoms with E-state index in [1.807, 2.05) is 59.2 Å². The number of hydrogen-bond acceptors (Lipinski definition) is 1. The number of aromatic nitrogens is 3. The summed E-state index contributed by atoms with van der Waals surface area (Å²) in [5, 5.41) is 4.17. The molecular weight excluding hydrogens is 435 g/mol. The number of rotatable bonds is 1. The normalized spacial score (nSPS) is 12.6. The predicted molar refractivity (Wildman–Crippen MR) is 130 cm³/mol. The molecule has 0 spiro atoms. The predicted octanol–water partition coefficient (Wildman–Crippen LogP) is 7.76. The summed E-state index contributed by atoms with van der Waals surface area (Å²) in [4.78, 5) is 4.95. The second-order valence-electron chi connectivity index (χ2n) is 8.40. The Morgan fingerprint density at radius 1 is 0.618 bits per heavy atom. The minimum absolute atomic E-state index is 0.661. The van der Waals surface area contributed by atoms with Crippen LogP contribution in [0.1, 0.15) is 5.56 Å². The van der Waals surface area contributed by atoms with Crippen molar-refractivity contribution >= 4 is 49.4 Å². The number of nitrogens with zero attached hydrogens (tertiary/aromatic N) is 3. The lowest BCUT2D eigenvalue weighted by Gasteiger charge is -2.13. The standard InChI is InChI=1S/C28H16F3N3/c29-28(30,31)17-13-15-18(16-14-17)33-23-11-5-3-9-21(23)25-19-7-1-2-8-20(19)26-32-22-10-4-6-12-24(22)34(26)27(25)33/h1-16H. The zero-order chi connectivity index (χ0) is 23.0. The Hall–Kier alpha value is -4.32. The van der Waals surface area contributed by atoms with Gasteiger partial charge in [-0.3, -0.25) is 8.97 Å². The molecule has 0 unspecified atom stereocenters. The lowest BCUT2D eigenvalue weighted by Crippen LogP contribution is -2.05. The number of alkyl halides is 3. The van der Waals surface area contributed by atoms with Crippen molar-refractivity contribution in [3.63, 3.8) is 0 Å². The summed E-state index contributed by atoms with van der Waals surface area (Å²) in [7, 11) is 0. The molecule has 4 aromatic carbocycles. The zero-order valence-corrected chi connectivity index (χ0v) is 17.7. The second kappa shape index (κ2) is 6.60. The van der Waals surface area contributed by atoms with E-state index >= 15 is 0 Å². The van der Waals surface area contributed by atoms with Gasteiger partial charge in [0, 0.05) is 21.8 Å². The van der Waals surface area contributed by atoms with Gasteiger partial charge in [0.25, 0.3) is 0 Å². The van der Waals surface area contributed by atoms with Crippen LogP contribution in [-0.2, 0) is 6.18 Å². The third-order valence-corrected chi connectivity index (χ3v) is 6.51. The highest BCUT2D eigenvalue weighted by Gasteiger charge is 2.30. The minimum atomic E-state index is -4.39. The van der Waals surface area contributed by atoms with Gasteiger partial charge in [0.1, 0.15) is 11.3 Å². The fraction of sp³-hybridized carbons (Fsp3) is 0.0357. The molecule has 0 saturated heterocycles. The molecule has 0 N–H and O–H groups in total. The summed E-state index contributed by atoms with van der Waals surface area (Å²) in [6.45, 7) is 0. The van der Waals surface area contributed by atoms with Gasteiger partial charge < -0.3 is 0 Å². The van der Waals surface area contributed by atoms with Crippen molar-refractivity contribution in [2.24, 2.45) is 0 Å². The van der Waals surface area contributed by atoms with Gasteiger partial charge in [-0.25, -0.2) is 4.98 Å². The summed E-state index contributed by atoms with van der Waals surface area (Å²) in [6.07, 6.45) is -4.39. The second-order valence-corrected chi connectivity index (χ2v) is 8.40. The smallest absolute Gasteiger partial charge is 0.295 e. The Morgan fingerprint density at radius 2 is 1.24 bits per heavy atom. The van der Waals surface area contributed by atoms with Crippen LogP contribution in [0.4, 0.5) is 13.2 Å². The van der Waals surface area contributed by atoms with Crippen LogP contribution in [0.3, 0.4) is 0 Å². The molecule has 3 heterocycles. The van der Waals surface area contributed by atoms with Crippen molar-refractivity contribution in [2.75, 3.05) is 0 Å². The van der Waals surface area contributed by atoms with Gasteiger partial charge in [-0.2, -0.15) is 13.2 Å². The van der Waals surface area contributed by atoms with E-state index in [-0.39, 0.29) is 0 Å². The molecule has 0 aliphatic carbocycles. The van der Waals surface area contributed by atoms with Gasteiger partial charge in [-0.1, -0.05) is 54.6 Å². The highest BCUT2D eigenvalue weighted by atomic mass is 19.4. The summed E-state index contributed by atoms with van der Waals surface area (Å²) in [5.41, 5.74) is 4.43. The third kappa shape index (κ3) is 2.51. The van der Waals surface area contributed by atoms with E-state index in [1.165, 1.54) is 12.1 Å². The van der Waals surface area contributed by atoms with Crippen molar-refractivity contribution in [1.82, 2.24) is 14.0 Å². The van der Waals surface area contributed by atoms with Crippen LogP contribution in [-0.4, -0.2) is 14.0 Å². The highest BCUT2D eigenvalue weighted by Crippen LogP contribution is 2.40. The molecule has 0 fully saturated rings. The van der Waals surface area contributed by atoms with E-state index < -0.39 is 11.7 Å². The molecule has 3 aromatic heterocycles. The van der Waals surface area contributed by atoms with Crippen LogP contribution in [0.25, 0.3) is 55.1 Å². The molecule has 0 aliphatic heterocycles. The van der Waals surface area contributed by atoms with Gasteiger partial charge in [0.15, 0.2) is 0 Å². The monoisotopic (exact) mass is 451 g/mol. The molecule has 7 rings (SSSR count). The van der Waals surface area contributed by atoms with E-state index in [0.29, 0.717) is 5.69 Å². The Labute approximate surface area is 191 Å². The largest absolute Gasteiger partial charge is 0.416 e. The van der Waals surface area contributed by atoms with Crippen molar-refractivity contribution in [3.8, 4) is 5.69 Å². The molecule has 0 radical (unpaired) electrons. The van der Waals surface area contributed by atoms with E-state index in [9.17, 15) is 13.2 Å². The molecule has 0 bridgehead atoms. The van der Waals surface area contributed by atoms with Crippen molar-refractivity contribution in [3.05, 3.63) is 103 Å². The molecule has 164 valence electrons. The molecular formula is C28H16F3N3. The maximum absolute atomic E-state index is 13.3. The number of hydrogen-bond donors (Lipinski definition) is 0. The van der Waals surface area contributed by atoms with Crippen LogP contribution in [0.15, 0.2) is 97.1 Å². The van der Waals surface area contributed by atoms with E-state index in [0.717, 1.165) is 61.5 Å². The quantitative estimate of drug-likeness (QED) is 0.250. The maximum atomic E-state index is 13.3. The summed E-state index contributed by atoms with van der Waals surface area (Å²) >= 11 is 0. The summed E-state index contributed by atoms with van der Waals surface area (Å²) in [6, 6.07) is 29.5. The minimum Gasteiger partial charge on any atom is -0.295 e. The van der Waals surface area contributed by atoms with Crippen LogP contribution >= 0.6 is 0 Å². The number of para-hydroxylation sites is 3. The average molecular weight is 451 g/mol. The number of benzene rings is 4. The number of halogens is 3. The van der Waals surface area contributed by atoms with E-state index in [1.54, 1.807) is 0 Å². The molecule has 0 amide bonds. The topological polar surface area (TPSA) is 22.2 Å². The van der Waals surface area contributed by atoms with Gasteiger partial charge in [0.05, 0.1) is 22.1 Å². The molecule has 0 saturated carbocycles. The molecule has 6 heteroatoms. The lowest BCUT2D eigenvalue weighted by molar-refractivity contribution is -0.137. The van der Waals surface area contributed by atoms with Crippen molar-refractivity contribution < 1.29 is 13.2 Å². The van der Waals surface area contributed by atoms with Gasteiger partial charge >= 0.3 is 6.18 Å². The number of pyridine rings is 1. The van der Waals surface area contributed by atoms with Gasteiger partial charge in [-0.15, -0.1) is 0 Å². The van der Waals surface area contributed by atoms with Crippen LogP contribution in [0.2, 0.25) is 0 Å². The van der Waals surface area contributed by atoms with Gasteiger partial charge in [-0.05, 0) is 47.9 Å². The van der Waals surface area contributed by atoms with Crippen LogP contribution in [0.5, 0.6) is 0 Å². The first-order valence-electron chi connectivity index (χ1n) is 10.9. The van der Waals surface area contributed by atoms with Crippen LogP contribution < -0.4 is 0 Å². The zero-order valence-electron chi connectivity index (χ0n) is 17.7. The van der Waals surface area contributed by atoms with Crippen molar-refractivity contribution in [1.29, 1.82) is 0 Å². The lowest BCUT2D eigenvalue weighted by atomic mass is 10.1. The third-order valence-electron chi connectivity index (χ3n) is 6.51. The van der Waals surface area contributed by atoms with E-state index in [4.69, 9.17) is 4.98 Å². The Morgan fingerprint density at radius 3 is 1.97 bits per heavy atom. The Bertz CT molecular complexity index is 1890. The summed E-state index contributed by atoms with van der Waals surface area (Å²) < 4.78 is 44.0. The molecule has 34 heavy (non-hydrogen) atoms. The first-order valence-corrected chi connectivity index (χ1v) is 10.9. The molecule has 3 nitrogen and oxygen atoms in total. The van der Waals surface area contributed by atoms with Crippen molar-refractivity contribution in [2.45, 2.75) is 6.18 Å². The van der Waals surface area contributed by atoms with Gasteiger partial charge in [0.2, 0.25) is 0 Å². The molecule has 0 atom stereocenters.